The van der Waals surface area contributed by atoms with E-state index in [0.29, 0.717) is 18.2 Å². The predicted molar refractivity (Wildman–Crippen MR) is 103 cm³/mol. The van der Waals surface area contributed by atoms with E-state index in [1.807, 2.05) is 23.6 Å². The molecule has 0 atom stereocenters. The number of fused-ring (bicyclic) bond motifs is 1. The van der Waals surface area contributed by atoms with Gasteiger partial charge < -0.3 is 9.47 Å². The van der Waals surface area contributed by atoms with Gasteiger partial charge in [0.2, 0.25) is 5.91 Å². The number of benzene rings is 1. The summed E-state index contributed by atoms with van der Waals surface area (Å²) in [5.74, 6) is -0.268. The molecule has 1 aromatic carbocycles. The van der Waals surface area contributed by atoms with Crippen molar-refractivity contribution < 1.29 is 13.6 Å². The normalized spacial score (nSPS) is 13.8. The minimum atomic E-state index is -0.631. The quantitative estimate of drug-likeness (QED) is 0.605. The van der Waals surface area contributed by atoms with Crippen LogP contribution in [0.2, 0.25) is 0 Å². The maximum absolute atomic E-state index is 14.4. The number of pyridine rings is 1. The summed E-state index contributed by atoms with van der Waals surface area (Å²) in [5.41, 5.74) is 1.43. The first kappa shape index (κ1) is 18.5. The number of halogens is 2. The summed E-state index contributed by atoms with van der Waals surface area (Å²) in [5, 5.41) is 0. The molecule has 2 heterocycles. The van der Waals surface area contributed by atoms with Crippen molar-refractivity contribution in [1.82, 2.24) is 14.5 Å². The third-order valence-electron chi connectivity index (χ3n) is 4.98. The van der Waals surface area contributed by atoms with Crippen LogP contribution in [0, 0.1) is 17.6 Å². The van der Waals surface area contributed by atoms with Crippen LogP contribution >= 0.6 is 0 Å². The van der Waals surface area contributed by atoms with E-state index in [1.54, 1.807) is 6.20 Å². The highest BCUT2D eigenvalue weighted by atomic mass is 19.1. The Balaban J connectivity index is 1.76. The second kappa shape index (κ2) is 7.66. The molecule has 0 N–H and O–H groups in total. The fourth-order valence-electron chi connectivity index (χ4n) is 3.37. The largest absolute Gasteiger partial charge is 0.311 e. The summed E-state index contributed by atoms with van der Waals surface area (Å²) in [6.45, 7) is 2.72. The van der Waals surface area contributed by atoms with Crippen molar-refractivity contribution in [2.24, 2.45) is 5.92 Å². The molecule has 0 unspecified atom stereocenters. The first-order chi connectivity index (χ1) is 13.6. The predicted octanol–water partition coefficient (Wildman–Crippen LogP) is 4.45. The maximum atomic E-state index is 14.4. The van der Waals surface area contributed by atoms with Crippen LogP contribution in [0.3, 0.4) is 0 Å². The SMILES string of the molecule is CCCC(=O)N(Cc1nc2cccnc2n1CC1CC1)c1cc(F)ccc1F. The van der Waals surface area contributed by atoms with Crippen LogP contribution in [0.25, 0.3) is 11.2 Å². The number of hydrogen-bond acceptors (Lipinski definition) is 3. The fourth-order valence-corrected chi connectivity index (χ4v) is 3.37. The maximum Gasteiger partial charge on any atom is 0.227 e. The van der Waals surface area contributed by atoms with E-state index in [9.17, 15) is 13.6 Å². The van der Waals surface area contributed by atoms with E-state index in [4.69, 9.17) is 0 Å². The topological polar surface area (TPSA) is 51.0 Å². The van der Waals surface area contributed by atoms with Gasteiger partial charge in [-0.15, -0.1) is 0 Å². The zero-order valence-electron chi connectivity index (χ0n) is 15.7. The molecule has 1 saturated carbocycles. The van der Waals surface area contributed by atoms with Crippen LogP contribution in [-0.2, 0) is 17.9 Å². The number of carbonyl (C=O) groups excluding carboxylic acids is 1. The zero-order chi connectivity index (χ0) is 19.7. The molecule has 7 heteroatoms. The van der Waals surface area contributed by atoms with Crippen molar-refractivity contribution in [3.05, 3.63) is 54.0 Å². The minimum absolute atomic E-state index is 0.0589. The van der Waals surface area contributed by atoms with Crippen molar-refractivity contribution >= 4 is 22.8 Å². The zero-order valence-corrected chi connectivity index (χ0v) is 15.7. The minimum Gasteiger partial charge on any atom is -0.311 e. The van der Waals surface area contributed by atoms with Gasteiger partial charge in [-0.3, -0.25) is 4.79 Å². The molecule has 3 aromatic rings. The fraction of sp³-hybridized carbons (Fsp3) is 0.381. The van der Waals surface area contributed by atoms with Gasteiger partial charge >= 0.3 is 0 Å². The van der Waals surface area contributed by atoms with Gasteiger partial charge in [0.1, 0.15) is 23.0 Å². The van der Waals surface area contributed by atoms with E-state index in [2.05, 4.69) is 9.97 Å². The molecule has 0 radical (unpaired) electrons. The average Bonchev–Trinajstić information content (AvgIpc) is 3.44. The average molecular weight is 384 g/mol. The van der Waals surface area contributed by atoms with Crippen molar-refractivity contribution in [1.29, 1.82) is 0 Å². The van der Waals surface area contributed by atoms with Crippen LogP contribution < -0.4 is 4.90 Å². The van der Waals surface area contributed by atoms with Crippen LogP contribution in [0.5, 0.6) is 0 Å². The summed E-state index contributed by atoms with van der Waals surface area (Å²) < 4.78 is 30.2. The molecule has 1 aliphatic rings. The first-order valence-electron chi connectivity index (χ1n) is 9.62. The molecular weight excluding hydrogens is 362 g/mol. The number of anilines is 1. The Kier molecular flexibility index (Phi) is 5.07. The molecule has 1 aliphatic carbocycles. The lowest BCUT2D eigenvalue weighted by atomic mass is 10.2. The Bertz CT molecular complexity index is 1010. The summed E-state index contributed by atoms with van der Waals surface area (Å²) in [6.07, 6.45) is 4.89. The molecular formula is C21H22F2N4O. The van der Waals surface area contributed by atoms with E-state index >= 15 is 0 Å². The number of aromatic nitrogens is 3. The molecule has 4 rings (SSSR count). The van der Waals surface area contributed by atoms with E-state index < -0.39 is 11.6 Å². The number of hydrogen-bond donors (Lipinski definition) is 0. The Morgan fingerprint density at radius 2 is 2.11 bits per heavy atom. The molecule has 1 fully saturated rings. The highest BCUT2D eigenvalue weighted by Crippen LogP contribution is 2.33. The molecule has 5 nitrogen and oxygen atoms in total. The third kappa shape index (κ3) is 3.74. The van der Waals surface area contributed by atoms with Gasteiger partial charge in [-0.2, -0.15) is 0 Å². The van der Waals surface area contributed by atoms with Crippen LogP contribution in [0.1, 0.15) is 38.4 Å². The van der Waals surface area contributed by atoms with Crippen LogP contribution in [0.4, 0.5) is 14.5 Å². The smallest absolute Gasteiger partial charge is 0.227 e. The van der Waals surface area contributed by atoms with Crippen molar-refractivity contribution in [2.45, 2.75) is 45.7 Å². The number of rotatable bonds is 7. The third-order valence-corrected chi connectivity index (χ3v) is 4.98. The summed E-state index contributed by atoms with van der Waals surface area (Å²) in [4.78, 5) is 23.1. The standard InChI is InChI=1S/C21H22F2N4O/c1-2-4-20(28)26(18-11-15(22)8-9-16(18)23)13-19-25-17-5-3-10-24-21(17)27(19)12-14-6-7-14/h3,5,8-11,14H,2,4,6-7,12-13H2,1H3. The summed E-state index contributed by atoms with van der Waals surface area (Å²) >= 11 is 0. The highest BCUT2D eigenvalue weighted by Gasteiger charge is 2.27. The van der Waals surface area contributed by atoms with Gasteiger partial charge in [-0.25, -0.2) is 18.7 Å². The lowest BCUT2D eigenvalue weighted by Crippen LogP contribution is -2.32. The Morgan fingerprint density at radius 3 is 2.86 bits per heavy atom. The first-order valence-corrected chi connectivity index (χ1v) is 9.62. The van der Waals surface area contributed by atoms with Gasteiger partial charge in [0.05, 0.1) is 12.2 Å². The lowest BCUT2D eigenvalue weighted by Gasteiger charge is -2.23. The number of imidazole rings is 1. The summed E-state index contributed by atoms with van der Waals surface area (Å²) in [6, 6.07) is 6.84. The molecule has 0 spiro atoms. The van der Waals surface area contributed by atoms with E-state index in [1.165, 1.54) is 4.90 Å². The molecule has 1 amide bonds. The number of amides is 1. The van der Waals surface area contributed by atoms with E-state index in [0.717, 1.165) is 48.7 Å². The molecule has 28 heavy (non-hydrogen) atoms. The van der Waals surface area contributed by atoms with Gasteiger partial charge in [0, 0.05) is 25.2 Å². The van der Waals surface area contributed by atoms with E-state index in [-0.39, 0.29) is 24.6 Å². The number of carbonyl (C=O) groups is 1. The van der Waals surface area contributed by atoms with Crippen LogP contribution in [-0.4, -0.2) is 20.4 Å². The van der Waals surface area contributed by atoms with Gasteiger partial charge in [-0.1, -0.05) is 6.92 Å². The summed E-state index contributed by atoms with van der Waals surface area (Å²) in [7, 11) is 0. The molecule has 0 saturated heterocycles. The van der Waals surface area contributed by atoms with Gasteiger partial charge in [0.15, 0.2) is 5.65 Å². The van der Waals surface area contributed by atoms with Crippen molar-refractivity contribution in [3.8, 4) is 0 Å². The highest BCUT2D eigenvalue weighted by molar-refractivity contribution is 5.93. The van der Waals surface area contributed by atoms with Crippen LogP contribution in [0.15, 0.2) is 36.5 Å². The Hall–Kier alpha value is -2.83. The van der Waals surface area contributed by atoms with Gasteiger partial charge in [-0.05, 0) is 49.4 Å². The molecule has 0 bridgehead atoms. The Labute approximate surface area is 162 Å². The monoisotopic (exact) mass is 384 g/mol. The van der Waals surface area contributed by atoms with Gasteiger partial charge in [0.25, 0.3) is 0 Å². The Morgan fingerprint density at radius 1 is 1.29 bits per heavy atom. The van der Waals surface area contributed by atoms with Crippen molar-refractivity contribution in [2.75, 3.05) is 4.90 Å². The van der Waals surface area contributed by atoms with Crippen molar-refractivity contribution in [3.63, 3.8) is 0 Å². The number of nitrogens with zero attached hydrogens (tertiary/aromatic N) is 4. The second-order valence-corrected chi connectivity index (χ2v) is 7.25. The molecule has 2 aromatic heterocycles. The molecule has 146 valence electrons. The molecule has 0 aliphatic heterocycles. The lowest BCUT2D eigenvalue weighted by molar-refractivity contribution is -0.118. The second-order valence-electron chi connectivity index (χ2n) is 7.25.